The van der Waals surface area contributed by atoms with Crippen LogP contribution in [0, 0.1) is 5.41 Å². The molecule has 0 bridgehead atoms. The van der Waals surface area contributed by atoms with Crippen molar-refractivity contribution in [2.75, 3.05) is 0 Å². The number of para-hydroxylation sites is 1. The third-order valence-electron chi connectivity index (χ3n) is 3.27. The van der Waals surface area contributed by atoms with Gasteiger partial charge in [0.15, 0.2) is 5.78 Å². The summed E-state index contributed by atoms with van der Waals surface area (Å²) in [6.45, 7) is 2.02. The number of rotatable bonds is 2. The van der Waals surface area contributed by atoms with Gasteiger partial charge in [-0.05, 0) is 18.9 Å². The summed E-state index contributed by atoms with van der Waals surface area (Å²) in [5.74, 6) is 0.229. The predicted octanol–water partition coefficient (Wildman–Crippen LogP) is 3.42. The predicted molar refractivity (Wildman–Crippen MR) is 57.9 cm³/mol. The summed E-state index contributed by atoms with van der Waals surface area (Å²) in [7, 11) is 0. The van der Waals surface area contributed by atoms with Crippen molar-refractivity contribution >= 4 is 16.8 Å². The fourth-order valence-electron chi connectivity index (χ4n) is 1.89. The van der Waals surface area contributed by atoms with Crippen LogP contribution in [0.4, 0.5) is 0 Å². The van der Waals surface area contributed by atoms with Crippen molar-refractivity contribution in [3.63, 3.8) is 0 Å². The van der Waals surface area contributed by atoms with Gasteiger partial charge in [0.2, 0.25) is 0 Å². The van der Waals surface area contributed by atoms with Crippen LogP contribution in [-0.2, 0) is 0 Å². The number of benzene rings is 1. The Morgan fingerprint density at radius 1 is 1.33 bits per heavy atom. The van der Waals surface area contributed by atoms with E-state index in [4.69, 9.17) is 4.42 Å². The maximum absolute atomic E-state index is 12.1. The molecule has 15 heavy (non-hydrogen) atoms. The molecule has 2 nitrogen and oxygen atoms in total. The molecular weight excluding hydrogens is 188 g/mol. The van der Waals surface area contributed by atoms with Crippen molar-refractivity contribution < 1.29 is 9.21 Å². The molecule has 0 N–H and O–H groups in total. The van der Waals surface area contributed by atoms with E-state index in [-0.39, 0.29) is 11.2 Å². The second kappa shape index (κ2) is 2.72. The van der Waals surface area contributed by atoms with Crippen LogP contribution in [0.25, 0.3) is 11.0 Å². The Bertz CT molecular complexity index is 532. The summed E-state index contributed by atoms with van der Waals surface area (Å²) >= 11 is 0. The molecule has 1 saturated carbocycles. The Balaban J connectivity index is 2.15. The molecule has 1 aromatic heterocycles. The molecule has 1 heterocycles. The zero-order valence-electron chi connectivity index (χ0n) is 8.62. The van der Waals surface area contributed by atoms with E-state index in [1.165, 1.54) is 0 Å². The van der Waals surface area contributed by atoms with Crippen molar-refractivity contribution in [2.45, 2.75) is 19.8 Å². The highest BCUT2D eigenvalue weighted by Gasteiger charge is 2.45. The van der Waals surface area contributed by atoms with Crippen LogP contribution >= 0.6 is 0 Å². The highest BCUT2D eigenvalue weighted by Crippen LogP contribution is 2.48. The lowest BCUT2D eigenvalue weighted by Crippen LogP contribution is -2.10. The average molecular weight is 200 g/mol. The third-order valence-corrected chi connectivity index (χ3v) is 3.27. The van der Waals surface area contributed by atoms with E-state index in [1.54, 1.807) is 6.26 Å². The lowest BCUT2D eigenvalue weighted by atomic mass is 9.96. The van der Waals surface area contributed by atoms with Crippen LogP contribution in [-0.4, -0.2) is 5.78 Å². The molecule has 1 aliphatic carbocycles. The Morgan fingerprint density at radius 3 is 2.80 bits per heavy atom. The molecule has 2 heteroatoms. The molecule has 0 aliphatic heterocycles. The number of hydrogen-bond donors (Lipinski definition) is 0. The first-order valence-corrected chi connectivity index (χ1v) is 5.22. The molecule has 0 saturated heterocycles. The molecule has 0 unspecified atom stereocenters. The molecular formula is C13H12O2. The fourth-order valence-corrected chi connectivity index (χ4v) is 1.89. The van der Waals surface area contributed by atoms with Crippen LogP contribution in [0.15, 0.2) is 34.9 Å². The highest BCUT2D eigenvalue weighted by molar-refractivity contribution is 6.10. The first-order chi connectivity index (χ1) is 7.21. The zero-order chi connectivity index (χ0) is 10.5. The van der Waals surface area contributed by atoms with Gasteiger partial charge in [-0.15, -0.1) is 0 Å². The summed E-state index contributed by atoms with van der Waals surface area (Å²) < 4.78 is 5.37. The van der Waals surface area contributed by atoms with E-state index in [1.807, 2.05) is 31.2 Å². The highest BCUT2D eigenvalue weighted by atomic mass is 16.3. The minimum absolute atomic E-state index is 0.118. The summed E-state index contributed by atoms with van der Waals surface area (Å²) in [5.41, 5.74) is 1.42. The van der Waals surface area contributed by atoms with Gasteiger partial charge in [0.1, 0.15) is 11.8 Å². The van der Waals surface area contributed by atoms with Crippen molar-refractivity contribution in [1.82, 2.24) is 0 Å². The molecule has 3 rings (SSSR count). The number of Topliss-reactive ketones (excluding diaryl/α,β-unsaturated/α-hetero) is 1. The number of hydrogen-bond acceptors (Lipinski definition) is 2. The Morgan fingerprint density at radius 2 is 2.07 bits per heavy atom. The van der Waals surface area contributed by atoms with Gasteiger partial charge in [0, 0.05) is 10.8 Å². The number of carbonyl (C=O) groups excluding carboxylic acids is 1. The Kier molecular flexibility index (Phi) is 1.58. The quantitative estimate of drug-likeness (QED) is 0.695. The first-order valence-electron chi connectivity index (χ1n) is 5.22. The number of carbonyl (C=O) groups is 1. The lowest BCUT2D eigenvalue weighted by Gasteiger charge is -2.04. The number of ketones is 1. The molecule has 2 aromatic rings. The largest absolute Gasteiger partial charge is 0.464 e. The maximum atomic E-state index is 12.1. The monoisotopic (exact) mass is 200 g/mol. The van der Waals surface area contributed by atoms with E-state index < -0.39 is 0 Å². The Hall–Kier alpha value is -1.57. The SMILES string of the molecule is CC1(C(=O)c2coc3ccccc23)CC1. The van der Waals surface area contributed by atoms with E-state index in [9.17, 15) is 4.79 Å². The summed E-state index contributed by atoms with van der Waals surface area (Å²) in [5, 5.41) is 0.940. The van der Waals surface area contributed by atoms with Gasteiger partial charge in [-0.25, -0.2) is 0 Å². The van der Waals surface area contributed by atoms with E-state index in [2.05, 4.69) is 0 Å². The summed E-state index contributed by atoms with van der Waals surface area (Å²) in [6, 6.07) is 7.68. The second-order valence-corrected chi connectivity index (χ2v) is 4.54. The topological polar surface area (TPSA) is 30.2 Å². The molecule has 0 amide bonds. The number of fused-ring (bicyclic) bond motifs is 1. The summed E-state index contributed by atoms with van der Waals surface area (Å²) in [4.78, 5) is 12.1. The van der Waals surface area contributed by atoms with Crippen LogP contribution in [0.3, 0.4) is 0 Å². The van der Waals surface area contributed by atoms with Crippen LogP contribution in [0.2, 0.25) is 0 Å². The smallest absolute Gasteiger partial charge is 0.172 e. The molecule has 76 valence electrons. The van der Waals surface area contributed by atoms with Gasteiger partial charge < -0.3 is 4.42 Å². The van der Waals surface area contributed by atoms with Gasteiger partial charge in [-0.1, -0.05) is 25.1 Å². The van der Waals surface area contributed by atoms with Crippen molar-refractivity contribution in [2.24, 2.45) is 5.41 Å². The van der Waals surface area contributed by atoms with Gasteiger partial charge in [0.05, 0.1) is 5.56 Å². The summed E-state index contributed by atoms with van der Waals surface area (Å²) in [6.07, 6.45) is 3.60. The fraction of sp³-hybridized carbons (Fsp3) is 0.308. The average Bonchev–Trinajstić information content (AvgIpc) is 2.87. The standard InChI is InChI=1S/C13H12O2/c1-13(6-7-13)12(14)10-8-15-11-5-3-2-4-9(10)11/h2-5,8H,6-7H2,1H3. The molecule has 0 spiro atoms. The minimum atomic E-state index is -0.118. The number of furan rings is 1. The van der Waals surface area contributed by atoms with Crippen LogP contribution < -0.4 is 0 Å². The van der Waals surface area contributed by atoms with Gasteiger partial charge in [-0.3, -0.25) is 4.79 Å². The molecule has 1 aromatic carbocycles. The Labute approximate surface area is 87.9 Å². The molecule has 1 fully saturated rings. The maximum Gasteiger partial charge on any atom is 0.172 e. The molecule has 0 atom stereocenters. The van der Waals surface area contributed by atoms with Crippen LogP contribution in [0.5, 0.6) is 0 Å². The second-order valence-electron chi connectivity index (χ2n) is 4.54. The molecule has 0 radical (unpaired) electrons. The van der Waals surface area contributed by atoms with E-state index >= 15 is 0 Å². The van der Waals surface area contributed by atoms with Gasteiger partial charge in [-0.2, -0.15) is 0 Å². The van der Waals surface area contributed by atoms with Crippen molar-refractivity contribution in [1.29, 1.82) is 0 Å². The first kappa shape index (κ1) is 8.72. The third kappa shape index (κ3) is 1.21. The van der Waals surface area contributed by atoms with Crippen molar-refractivity contribution in [3.05, 3.63) is 36.1 Å². The normalized spacial score (nSPS) is 17.9. The molecule has 1 aliphatic rings. The van der Waals surface area contributed by atoms with Gasteiger partial charge >= 0.3 is 0 Å². The minimum Gasteiger partial charge on any atom is -0.464 e. The van der Waals surface area contributed by atoms with Crippen LogP contribution in [0.1, 0.15) is 30.1 Å². The zero-order valence-corrected chi connectivity index (χ0v) is 8.62. The van der Waals surface area contributed by atoms with Gasteiger partial charge in [0.25, 0.3) is 0 Å². The van der Waals surface area contributed by atoms with E-state index in [0.717, 1.165) is 29.4 Å². The van der Waals surface area contributed by atoms with E-state index in [0.29, 0.717) is 0 Å². The van der Waals surface area contributed by atoms with Crippen molar-refractivity contribution in [3.8, 4) is 0 Å². The lowest BCUT2D eigenvalue weighted by molar-refractivity contribution is 0.0913.